The first-order valence-corrected chi connectivity index (χ1v) is 10.3. The van der Waals surface area contributed by atoms with Gasteiger partial charge in [-0.3, -0.25) is 4.79 Å². The van der Waals surface area contributed by atoms with Gasteiger partial charge in [-0.25, -0.2) is 13.8 Å². The highest BCUT2D eigenvalue weighted by atomic mass is 35.5. The van der Waals surface area contributed by atoms with E-state index in [1.54, 1.807) is 26.0 Å². The van der Waals surface area contributed by atoms with Gasteiger partial charge in [0.2, 0.25) is 0 Å². The normalized spacial score (nSPS) is 11.5. The second kappa shape index (κ2) is 9.28. The molecule has 3 nitrogen and oxygen atoms in total. The molecule has 9 heteroatoms. The lowest BCUT2D eigenvalue weighted by molar-refractivity contribution is -0.00310. The van der Waals surface area contributed by atoms with Gasteiger partial charge in [0.1, 0.15) is 5.15 Å². The van der Waals surface area contributed by atoms with Gasteiger partial charge in [-0.05, 0) is 43.7 Å². The molecule has 0 aliphatic heterocycles. The van der Waals surface area contributed by atoms with Crippen molar-refractivity contribution in [3.63, 3.8) is 0 Å². The average molecular weight is 469 g/mol. The molecule has 0 aliphatic carbocycles. The van der Waals surface area contributed by atoms with Crippen LogP contribution in [0.2, 0.25) is 5.15 Å². The number of nitrogens with one attached hydrogen (secondary N) is 1. The Labute approximate surface area is 185 Å². The van der Waals surface area contributed by atoms with Crippen molar-refractivity contribution >= 4 is 29.3 Å². The van der Waals surface area contributed by atoms with E-state index in [0.29, 0.717) is 10.5 Å². The maximum Gasteiger partial charge on any atom is 0.290 e. The van der Waals surface area contributed by atoms with Crippen molar-refractivity contribution in [1.82, 2.24) is 10.3 Å². The van der Waals surface area contributed by atoms with Crippen molar-refractivity contribution in [2.24, 2.45) is 0 Å². The van der Waals surface area contributed by atoms with Crippen LogP contribution in [0.25, 0.3) is 0 Å². The zero-order valence-corrected chi connectivity index (χ0v) is 18.1. The minimum Gasteiger partial charge on any atom is -0.346 e. The summed E-state index contributed by atoms with van der Waals surface area (Å²) in [4.78, 5) is 17.1. The molecule has 0 aliphatic rings. The van der Waals surface area contributed by atoms with Gasteiger partial charge < -0.3 is 5.32 Å². The van der Waals surface area contributed by atoms with E-state index < -0.39 is 30.0 Å². The Bertz CT molecular complexity index is 1140. The molecule has 1 aromatic heterocycles. The van der Waals surface area contributed by atoms with Crippen molar-refractivity contribution in [3.8, 4) is 0 Å². The van der Waals surface area contributed by atoms with Crippen LogP contribution in [-0.2, 0) is 5.92 Å². The summed E-state index contributed by atoms with van der Waals surface area (Å²) >= 11 is 6.81. The predicted molar refractivity (Wildman–Crippen MR) is 112 cm³/mol. The zero-order chi connectivity index (χ0) is 22.8. The SMILES string of the molecule is Cc1ccc(C(F)(F)CNC(=O)c2cc(Cl)ncc2Sc2ccc(F)c(F)c2)c(C)c1. The summed E-state index contributed by atoms with van der Waals surface area (Å²) in [6.07, 6.45) is 1.27. The minimum atomic E-state index is -3.29. The van der Waals surface area contributed by atoms with E-state index in [9.17, 15) is 22.4 Å². The fourth-order valence-corrected chi connectivity index (χ4v) is 4.03. The van der Waals surface area contributed by atoms with Crippen molar-refractivity contribution in [1.29, 1.82) is 0 Å². The van der Waals surface area contributed by atoms with Crippen LogP contribution in [-0.4, -0.2) is 17.4 Å². The molecule has 0 unspecified atom stereocenters. The van der Waals surface area contributed by atoms with Crippen LogP contribution < -0.4 is 5.32 Å². The number of halogens is 5. The van der Waals surface area contributed by atoms with Crippen LogP contribution in [0.5, 0.6) is 0 Å². The first kappa shape index (κ1) is 23.1. The Morgan fingerprint density at radius 1 is 1.10 bits per heavy atom. The molecule has 0 saturated carbocycles. The van der Waals surface area contributed by atoms with Crippen LogP contribution in [0.15, 0.2) is 58.5 Å². The van der Waals surface area contributed by atoms with Gasteiger partial charge in [0.25, 0.3) is 11.8 Å². The van der Waals surface area contributed by atoms with E-state index >= 15 is 0 Å². The Morgan fingerprint density at radius 2 is 1.84 bits per heavy atom. The lowest BCUT2D eigenvalue weighted by Crippen LogP contribution is -2.35. The van der Waals surface area contributed by atoms with Gasteiger partial charge in [-0.15, -0.1) is 0 Å². The number of aromatic nitrogens is 1. The smallest absolute Gasteiger partial charge is 0.290 e. The third-order valence-electron chi connectivity index (χ3n) is 4.44. The van der Waals surface area contributed by atoms with Crippen molar-refractivity contribution in [2.45, 2.75) is 29.6 Å². The van der Waals surface area contributed by atoms with Gasteiger partial charge in [0.05, 0.1) is 12.1 Å². The number of carbonyl (C=O) groups is 1. The summed E-state index contributed by atoms with van der Waals surface area (Å²) < 4.78 is 56.0. The number of amides is 1. The molecule has 2 aromatic carbocycles. The minimum absolute atomic E-state index is 0.00818. The maximum absolute atomic E-state index is 14.7. The number of aryl methyl sites for hydroxylation is 2. The second-order valence-corrected chi connectivity index (χ2v) is 8.39. The number of pyridine rings is 1. The van der Waals surface area contributed by atoms with E-state index in [1.165, 1.54) is 24.4 Å². The number of alkyl halides is 2. The maximum atomic E-state index is 14.7. The van der Waals surface area contributed by atoms with E-state index in [1.807, 2.05) is 0 Å². The quantitative estimate of drug-likeness (QED) is 0.341. The summed E-state index contributed by atoms with van der Waals surface area (Å²) in [5, 5.41) is 2.22. The van der Waals surface area contributed by atoms with E-state index in [-0.39, 0.29) is 21.2 Å². The van der Waals surface area contributed by atoms with Gasteiger partial charge in [0, 0.05) is 21.6 Å². The Hall–Kier alpha value is -2.58. The molecule has 31 heavy (non-hydrogen) atoms. The fraction of sp³-hybridized carbons (Fsp3) is 0.182. The summed E-state index contributed by atoms with van der Waals surface area (Å²) in [7, 11) is 0. The number of benzene rings is 2. The molecule has 3 aromatic rings. The van der Waals surface area contributed by atoms with Gasteiger partial charge in [-0.1, -0.05) is 47.1 Å². The highest BCUT2D eigenvalue weighted by molar-refractivity contribution is 7.99. The number of hydrogen-bond acceptors (Lipinski definition) is 3. The van der Waals surface area contributed by atoms with Crippen LogP contribution in [0, 0.1) is 25.5 Å². The largest absolute Gasteiger partial charge is 0.346 e. The summed E-state index contributed by atoms with van der Waals surface area (Å²) in [5.41, 5.74) is 1.08. The van der Waals surface area contributed by atoms with Crippen LogP contribution in [0.3, 0.4) is 0 Å². The second-order valence-electron chi connectivity index (χ2n) is 6.89. The summed E-state index contributed by atoms with van der Waals surface area (Å²) in [6.45, 7) is 2.46. The highest BCUT2D eigenvalue weighted by Gasteiger charge is 2.34. The lowest BCUT2D eigenvalue weighted by Gasteiger charge is -2.20. The fourth-order valence-electron chi connectivity index (χ4n) is 2.95. The standard InChI is InChI=1S/C22H17ClF4N2OS/c1-12-3-5-16(13(2)7-12)22(26,27)11-29-21(30)15-9-20(23)28-10-19(15)31-14-4-6-17(24)18(25)8-14/h3-10H,11H2,1-2H3,(H,29,30). The first-order chi connectivity index (χ1) is 14.6. The topological polar surface area (TPSA) is 42.0 Å². The van der Waals surface area contributed by atoms with Crippen molar-refractivity contribution in [3.05, 3.63) is 87.7 Å². The van der Waals surface area contributed by atoms with Crippen LogP contribution in [0.1, 0.15) is 27.0 Å². The number of carbonyl (C=O) groups excluding carboxylic acids is 1. The van der Waals surface area contributed by atoms with Crippen molar-refractivity contribution in [2.75, 3.05) is 6.54 Å². The molecule has 0 radical (unpaired) electrons. The van der Waals surface area contributed by atoms with Crippen LogP contribution >= 0.6 is 23.4 Å². The zero-order valence-electron chi connectivity index (χ0n) is 16.5. The molecule has 0 saturated heterocycles. The van der Waals surface area contributed by atoms with Gasteiger partial charge in [0.15, 0.2) is 11.6 Å². The average Bonchev–Trinajstić information content (AvgIpc) is 2.70. The molecule has 0 bridgehead atoms. The molecule has 1 amide bonds. The molecule has 3 rings (SSSR count). The number of nitrogens with zero attached hydrogens (tertiary/aromatic N) is 1. The summed E-state index contributed by atoms with van der Waals surface area (Å²) in [5.74, 6) is -6.15. The third kappa shape index (κ3) is 5.57. The third-order valence-corrected chi connectivity index (χ3v) is 5.69. The Balaban J connectivity index is 1.81. The first-order valence-electron chi connectivity index (χ1n) is 9.09. The molecular weight excluding hydrogens is 452 g/mol. The number of rotatable bonds is 6. The molecular formula is C22H17ClF4N2OS. The molecule has 162 valence electrons. The summed E-state index contributed by atoms with van der Waals surface area (Å²) in [6, 6.07) is 9.03. The van der Waals surface area contributed by atoms with Crippen LogP contribution in [0.4, 0.5) is 17.6 Å². The van der Waals surface area contributed by atoms with E-state index in [2.05, 4.69) is 10.3 Å². The lowest BCUT2D eigenvalue weighted by atomic mass is 10.00. The monoisotopic (exact) mass is 468 g/mol. The van der Waals surface area contributed by atoms with E-state index in [0.717, 1.165) is 29.5 Å². The molecule has 0 spiro atoms. The molecule has 0 fully saturated rings. The predicted octanol–water partition coefficient (Wildman–Crippen LogP) is 6.30. The highest BCUT2D eigenvalue weighted by Crippen LogP contribution is 2.33. The van der Waals surface area contributed by atoms with Gasteiger partial charge >= 0.3 is 0 Å². The Morgan fingerprint density at radius 3 is 2.52 bits per heavy atom. The Kier molecular flexibility index (Phi) is 6.91. The van der Waals surface area contributed by atoms with E-state index in [4.69, 9.17) is 11.6 Å². The molecule has 1 N–H and O–H groups in total. The number of hydrogen-bond donors (Lipinski definition) is 1. The molecule has 1 heterocycles. The van der Waals surface area contributed by atoms with Gasteiger partial charge in [-0.2, -0.15) is 8.78 Å². The van der Waals surface area contributed by atoms with Crippen molar-refractivity contribution < 1.29 is 22.4 Å². The molecule has 0 atom stereocenters.